The van der Waals surface area contributed by atoms with Crippen LogP contribution >= 0.6 is 11.8 Å². The summed E-state index contributed by atoms with van der Waals surface area (Å²) in [4.78, 5) is 35.1. The molecule has 42 heavy (non-hydrogen) atoms. The SMILES string of the molecule is CCCCc1nc2c(N)nc3ccccc3c2n1Cc1ccc(NC(=O)[C@H](CSCCC)NC(=O)OC(C)(C)C)cc1. The molecule has 0 unspecified atom stereocenters. The first kappa shape index (κ1) is 31.2. The van der Waals surface area contributed by atoms with Crippen molar-refractivity contribution in [3.63, 3.8) is 0 Å². The Morgan fingerprint density at radius 1 is 1.05 bits per heavy atom. The van der Waals surface area contributed by atoms with Crippen molar-refractivity contribution in [1.29, 1.82) is 0 Å². The van der Waals surface area contributed by atoms with E-state index in [1.807, 2.05) is 42.5 Å². The molecule has 4 rings (SSSR count). The topological polar surface area (TPSA) is 124 Å². The van der Waals surface area contributed by atoms with Crippen molar-refractivity contribution < 1.29 is 14.3 Å². The molecule has 0 aliphatic rings. The van der Waals surface area contributed by atoms with Gasteiger partial charge in [-0.05, 0) is 63.1 Å². The number of amides is 2. The second-order valence-electron chi connectivity index (χ2n) is 11.4. The number of alkyl carbamates (subject to hydrolysis) is 1. The van der Waals surface area contributed by atoms with Crippen LogP contribution in [-0.4, -0.2) is 49.7 Å². The van der Waals surface area contributed by atoms with E-state index in [1.165, 1.54) is 0 Å². The van der Waals surface area contributed by atoms with Crippen LogP contribution in [0.15, 0.2) is 48.5 Å². The van der Waals surface area contributed by atoms with Crippen LogP contribution < -0.4 is 16.4 Å². The predicted molar refractivity (Wildman–Crippen MR) is 173 cm³/mol. The minimum absolute atomic E-state index is 0.283. The van der Waals surface area contributed by atoms with Crippen molar-refractivity contribution in [3.8, 4) is 0 Å². The maximum Gasteiger partial charge on any atom is 0.408 e. The number of ether oxygens (including phenoxy) is 1. The minimum atomic E-state index is -0.720. The highest BCUT2D eigenvalue weighted by molar-refractivity contribution is 7.99. The molecule has 0 saturated carbocycles. The number of para-hydroxylation sites is 1. The lowest BCUT2D eigenvalue weighted by molar-refractivity contribution is -0.117. The maximum absolute atomic E-state index is 13.2. The van der Waals surface area contributed by atoms with Crippen molar-refractivity contribution in [2.75, 3.05) is 22.6 Å². The van der Waals surface area contributed by atoms with Gasteiger partial charge in [0, 0.05) is 29.8 Å². The Labute approximate surface area is 252 Å². The van der Waals surface area contributed by atoms with Crippen LogP contribution in [0.5, 0.6) is 0 Å². The summed E-state index contributed by atoms with van der Waals surface area (Å²) in [5.41, 5.74) is 9.98. The molecule has 0 bridgehead atoms. The molecular weight excluding hydrogens is 548 g/mol. The lowest BCUT2D eigenvalue weighted by Gasteiger charge is -2.23. The van der Waals surface area contributed by atoms with E-state index >= 15 is 0 Å². The fourth-order valence-corrected chi connectivity index (χ4v) is 5.61. The molecule has 0 radical (unpaired) electrons. The number of anilines is 2. The Hall–Kier alpha value is -3.79. The van der Waals surface area contributed by atoms with Gasteiger partial charge in [-0.15, -0.1) is 0 Å². The summed E-state index contributed by atoms with van der Waals surface area (Å²) in [6.07, 6.45) is 3.30. The number of nitrogens with zero attached hydrogens (tertiary/aromatic N) is 3. The molecule has 2 aromatic heterocycles. The minimum Gasteiger partial charge on any atom is -0.444 e. The van der Waals surface area contributed by atoms with Gasteiger partial charge in [-0.2, -0.15) is 11.8 Å². The Morgan fingerprint density at radius 2 is 1.79 bits per heavy atom. The number of nitrogen functional groups attached to an aromatic ring is 1. The third kappa shape index (κ3) is 7.94. The van der Waals surface area contributed by atoms with Crippen molar-refractivity contribution in [2.24, 2.45) is 0 Å². The maximum atomic E-state index is 13.2. The average Bonchev–Trinajstić information content (AvgIpc) is 3.30. The van der Waals surface area contributed by atoms with E-state index in [2.05, 4.69) is 40.1 Å². The van der Waals surface area contributed by atoms with Gasteiger partial charge in [-0.3, -0.25) is 4.79 Å². The Morgan fingerprint density at radius 3 is 2.48 bits per heavy atom. The summed E-state index contributed by atoms with van der Waals surface area (Å²) in [6.45, 7) is 10.2. The highest BCUT2D eigenvalue weighted by Gasteiger charge is 2.25. The van der Waals surface area contributed by atoms with Gasteiger partial charge in [0.2, 0.25) is 5.91 Å². The van der Waals surface area contributed by atoms with Crippen LogP contribution in [0.2, 0.25) is 0 Å². The number of nitrogens with two attached hydrogens (primary N) is 1. The first-order valence-electron chi connectivity index (χ1n) is 14.6. The Balaban J connectivity index is 1.55. The number of pyridine rings is 1. The number of carbonyl (C=O) groups is 2. The first-order chi connectivity index (χ1) is 20.1. The van der Waals surface area contributed by atoms with Gasteiger partial charge in [0.25, 0.3) is 0 Å². The molecule has 0 aliphatic carbocycles. The van der Waals surface area contributed by atoms with E-state index in [4.69, 9.17) is 15.5 Å². The third-order valence-electron chi connectivity index (χ3n) is 6.65. The van der Waals surface area contributed by atoms with Crippen molar-refractivity contribution in [2.45, 2.75) is 78.5 Å². The molecule has 10 heteroatoms. The van der Waals surface area contributed by atoms with Gasteiger partial charge in [0.15, 0.2) is 5.82 Å². The standard InChI is InChI=1S/C32H42N6O3S/c1-6-8-13-26-37-27-28(23-11-9-10-12-24(23)35-29(27)33)38(26)19-21-14-16-22(17-15-21)34-30(39)25(20-42-18-7-2)36-31(40)41-32(3,4)5/h9-12,14-17,25H,6-8,13,18-20H2,1-5H3,(H2,33,35)(H,34,39)(H,36,40)/t25-/m0/s1. The zero-order chi connectivity index (χ0) is 30.3. The van der Waals surface area contributed by atoms with Crippen molar-refractivity contribution in [1.82, 2.24) is 19.9 Å². The van der Waals surface area contributed by atoms with Gasteiger partial charge in [0.1, 0.15) is 23.0 Å². The number of benzene rings is 2. The zero-order valence-electron chi connectivity index (χ0n) is 25.2. The highest BCUT2D eigenvalue weighted by Crippen LogP contribution is 2.30. The van der Waals surface area contributed by atoms with Crippen LogP contribution in [0.4, 0.5) is 16.3 Å². The quantitative estimate of drug-likeness (QED) is 0.160. The van der Waals surface area contributed by atoms with Gasteiger partial charge in [-0.1, -0.05) is 50.6 Å². The lowest BCUT2D eigenvalue weighted by Crippen LogP contribution is -2.47. The van der Waals surface area contributed by atoms with Crippen LogP contribution in [0, 0.1) is 0 Å². The van der Waals surface area contributed by atoms with Gasteiger partial charge >= 0.3 is 6.09 Å². The fourth-order valence-electron chi connectivity index (χ4n) is 4.68. The van der Waals surface area contributed by atoms with E-state index in [0.29, 0.717) is 23.8 Å². The van der Waals surface area contributed by atoms with E-state index in [9.17, 15) is 9.59 Å². The van der Waals surface area contributed by atoms with Gasteiger partial charge in [0.05, 0.1) is 11.0 Å². The summed E-state index contributed by atoms with van der Waals surface area (Å²) in [6, 6.07) is 15.0. The second-order valence-corrected chi connectivity index (χ2v) is 12.5. The number of unbranched alkanes of at least 4 members (excludes halogenated alkanes) is 1. The van der Waals surface area contributed by atoms with E-state index in [-0.39, 0.29) is 5.91 Å². The molecule has 9 nitrogen and oxygen atoms in total. The molecule has 1 atom stereocenters. The average molecular weight is 591 g/mol. The molecule has 2 aromatic carbocycles. The van der Waals surface area contributed by atoms with Crippen molar-refractivity contribution in [3.05, 3.63) is 59.9 Å². The molecule has 2 amide bonds. The van der Waals surface area contributed by atoms with E-state index in [0.717, 1.165) is 64.8 Å². The number of aromatic nitrogens is 3. The smallest absolute Gasteiger partial charge is 0.408 e. The number of fused-ring (bicyclic) bond motifs is 3. The van der Waals surface area contributed by atoms with Crippen LogP contribution in [0.3, 0.4) is 0 Å². The number of imidazole rings is 1. The molecule has 4 N–H and O–H groups in total. The largest absolute Gasteiger partial charge is 0.444 e. The summed E-state index contributed by atoms with van der Waals surface area (Å²) in [7, 11) is 0. The zero-order valence-corrected chi connectivity index (χ0v) is 26.0. The summed E-state index contributed by atoms with van der Waals surface area (Å²) >= 11 is 1.62. The van der Waals surface area contributed by atoms with Crippen molar-refractivity contribution >= 4 is 57.2 Å². The normalized spacial score (nSPS) is 12.4. The molecule has 0 fully saturated rings. The second kappa shape index (κ2) is 13.9. The molecule has 0 aliphatic heterocycles. The molecular formula is C32H42N6O3S. The number of thioether (sulfide) groups is 1. The molecule has 224 valence electrons. The molecule has 0 spiro atoms. The molecule has 0 saturated heterocycles. The summed E-state index contributed by atoms with van der Waals surface area (Å²) in [5, 5.41) is 6.71. The number of hydrogen-bond acceptors (Lipinski definition) is 7. The first-order valence-corrected chi connectivity index (χ1v) is 15.8. The third-order valence-corrected chi connectivity index (χ3v) is 7.91. The number of rotatable bonds is 12. The highest BCUT2D eigenvalue weighted by atomic mass is 32.2. The summed E-state index contributed by atoms with van der Waals surface area (Å²) < 4.78 is 7.62. The predicted octanol–water partition coefficient (Wildman–Crippen LogP) is 6.53. The number of nitrogens with one attached hydrogen (secondary N) is 2. The fraction of sp³-hybridized carbons (Fsp3) is 0.438. The number of hydrogen-bond donors (Lipinski definition) is 3. The Bertz CT molecular complexity index is 1530. The number of aryl methyl sites for hydroxylation is 1. The van der Waals surface area contributed by atoms with Crippen LogP contribution in [-0.2, 0) is 22.5 Å². The number of carbonyl (C=O) groups excluding carboxylic acids is 2. The van der Waals surface area contributed by atoms with E-state index in [1.54, 1.807) is 32.5 Å². The lowest BCUT2D eigenvalue weighted by atomic mass is 10.1. The van der Waals surface area contributed by atoms with E-state index < -0.39 is 17.7 Å². The van der Waals surface area contributed by atoms with Crippen LogP contribution in [0.25, 0.3) is 21.9 Å². The molecule has 2 heterocycles. The Kier molecular flexibility index (Phi) is 10.3. The monoisotopic (exact) mass is 590 g/mol. The van der Waals surface area contributed by atoms with Crippen LogP contribution in [0.1, 0.15) is 65.3 Å². The van der Waals surface area contributed by atoms with Gasteiger partial charge in [-0.25, -0.2) is 14.8 Å². The van der Waals surface area contributed by atoms with Gasteiger partial charge < -0.3 is 25.7 Å². The summed E-state index contributed by atoms with van der Waals surface area (Å²) in [5.74, 6) is 2.49. The molecule has 4 aromatic rings.